The van der Waals surface area contributed by atoms with E-state index in [1.165, 1.54) is 0 Å². The highest BCUT2D eigenvalue weighted by molar-refractivity contribution is 6.36. The lowest BCUT2D eigenvalue weighted by atomic mass is 9.83. The van der Waals surface area contributed by atoms with E-state index in [0.29, 0.717) is 27.3 Å². The molecule has 2 aromatic carbocycles. The van der Waals surface area contributed by atoms with E-state index >= 15 is 0 Å². The molecule has 0 bridgehead atoms. The number of nitrogens with one attached hydrogen (secondary N) is 1. The second-order valence-electron chi connectivity index (χ2n) is 7.20. The predicted molar refractivity (Wildman–Crippen MR) is 119 cm³/mol. The van der Waals surface area contributed by atoms with Crippen LogP contribution in [0.4, 0.5) is 16.2 Å². The van der Waals surface area contributed by atoms with E-state index in [1.807, 2.05) is 43.3 Å². The summed E-state index contributed by atoms with van der Waals surface area (Å²) in [5.74, 6) is 0.364. The third kappa shape index (κ3) is 4.43. The first kappa shape index (κ1) is 20.5. The van der Waals surface area contributed by atoms with Gasteiger partial charge in [-0.1, -0.05) is 71.3 Å². The average molecular weight is 415 g/mol. The molecule has 1 N–H and O–H groups in total. The molecule has 0 fully saturated rings. The Kier molecular flexibility index (Phi) is 6.48. The standard InChI is InChI=1S/C23H24Cl2N2O/c1-15(2)17-13-12-16(3)20(14-17)26-23(28)27(21-10-6-4-8-18(21)24)22-11-7-5-9-19(22)25/h4-12,17,20H,1,13-14H2,2-3H3,(H,26,28)/t17-,20-/m0/s1. The molecule has 0 saturated heterocycles. The lowest BCUT2D eigenvalue weighted by molar-refractivity contribution is 0.244. The van der Waals surface area contributed by atoms with Crippen LogP contribution in [-0.2, 0) is 0 Å². The molecule has 0 spiro atoms. The van der Waals surface area contributed by atoms with Gasteiger partial charge >= 0.3 is 6.03 Å². The van der Waals surface area contributed by atoms with Gasteiger partial charge in [0.1, 0.15) is 0 Å². The Morgan fingerprint density at radius 1 is 1.07 bits per heavy atom. The number of hydrogen-bond donors (Lipinski definition) is 1. The number of anilines is 2. The first-order chi connectivity index (χ1) is 13.4. The Balaban J connectivity index is 1.95. The number of hydrogen-bond acceptors (Lipinski definition) is 1. The van der Waals surface area contributed by atoms with Crippen molar-refractivity contribution in [2.24, 2.45) is 5.92 Å². The van der Waals surface area contributed by atoms with Crippen LogP contribution in [-0.4, -0.2) is 12.1 Å². The molecule has 3 nitrogen and oxygen atoms in total. The number of urea groups is 1. The largest absolute Gasteiger partial charge is 0.331 e. The highest BCUT2D eigenvalue weighted by Gasteiger charge is 2.28. The molecule has 146 valence electrons. The molecule has 2 aromatic rings. The molecule has 0 saturated carbocycles. The number of carbonyl (C=O) groups excluding carboxylic acids is 1. The van der Waals surface area contributed by atoms with Crippen LogP contribution >= 0.6 is 23.2 Å². The van der Waals surface area contributed by atoms with E-state index in [0.717, 1.165) is 24.0 Å². The zero-order valence-corrected chi connectivity index (χ0v) is 17.6. The van der Waals surface area contributed by atoms with Crippen molar-refractivity contribution in [3.63, 3.8) is 0 Å². The van der Waals surface area contributed by atoms with Crippen LogP contribution in [0, 0.1) is 5.92 Å². The summed E-state index contributed by atoms with van der Waals surface area (Å²) in [7, 11) is 0. The molecular weight excluding hydrogens is 391 g/mol. The van der Waals surface area contributed by atoms with Crippen LogP contribution < -0.4 is 10.2 Å². The second kappa shape index (κ2) is 8.85. The molecule has 1 aliphatic rings. The van der Waals surface area contributed by atoms with E-state index in [-0.39, 0.29) is 12.1 Å². The second-order valence-corrected chi connectivity index (χ2v) is 8.02. The molecule has 28 heavy (non-hydrogen) atoms. The van der Waals surface area contributed by atoms with Crippen molar-refractivity contribution in [1.29, 1.82) is 0 Å². The molecule has 3 rings (SSSR count). The molecule has 2 amide bonds. The van der Waals surface area contributed by atoms with Gasteiger partial charge in [-0.3, -0.25) is 4.90 Å². The van der Waals surface area contributed by atoms with Crippen molar-refractivity contribution in [3.05, 3.63) is 82.4 Å². The number of nitrogens with zero attached hydrogens (tertiary/aromatic N) is 1. The number of benzene rings is 2. The van der Waals surface area contributed by atoms with E-state index in [2.05, 4.69) is 24.9 Å². The Morgan fingerprint density at radius 3 is 2.11 bits per heavy atom. The molecule has 0 aromatic heterocycles. The van der Waals surface area contributed by atoms with Crippen molar-refractivity contribution < 1.29 is 4.79 Å². The van der Waals surface area contributed by atoms with Gasteiger partial charge in [-0.15, -0.1) is 0 Å². The van der Waals surface area contributed by atoms with Gasteiger partial charge in [0.15, 0.2) is 0 Å². The monoisotopic (exact) mass is 414 g/mol. The highest BCUT2D eigenvalue weighted by atomic mass is 35.5. The van der Waals surface area contributed by atoms with Crippen LogP contribution in [0.15, 0.2) is 72.3 Å². The van der Waals surface area contributed by atoms with E-state index in [1.54, 1.807) is 17.0 Å². The van der Waals surface area contributed by atoms with E-state index in [9.17, 15) is 4.79 Å². The zero-order chi connectivity index (χ0) is 20.3. The summed E-state index contributed by atoms with van der Waals surface area (Å²) in [5.41, 5.74) is 3.47. The summed E-state index contributed by atoms with van der Waals surface area (Å²) in [6.45, 7) is 8.17. The molecule has 0 aliphatic heterocycles. The maximum absolute atomic E-state index is 13.4. The maximum Gasteiger partial charge on any atom is 0.327 e. The number of carbonyl (C=O) groups is 1. The van der Waals surface area contributed by atoms with Gasteiger partial charge in [0, 0.05) is 0 Å². The average Bonchev–Trinajstić information content (AvgIpc) is 2.66. The van der Waals surface area contributed by atoms with E-state index in [4.69, 9.17) is 23.2 Å². The third-order valence-corrected chi connectivity index (χ3v) is 5.82. The summed E-state index contributed by atoms with van der Waals surface area (Å²) in [6, 6.07) is 14.2. The minimum absolute atomic E-state index is 0.0598. The van der Waals surface area contributed by atoms with Crippen LogP contribution in [0.3, 0.4) is 0 Å². The Bertz CT molecular complexity index is 877. The summed E-state index contributed by atoms with van der Waals surface area (Å²) < 4.78 is 0. The first-order valence-electron chi connectivity index (χ1n) is 9.30. The summed E-state index contributed by atoms with van der Waals surface area (Å²) in [6.07, 6.45) is 3.98. The summed E-state index contributed by atoms with van der Waals surface area (Å²) in [4.78, 5) is 14.9. The number of para-hydroxylation sites is 2. The van der Waals surface area contributed by atoms with Crippen molar-refractivity contribution in [1.82, 2.24) is 5.32 Å². The highest BCUT2D eigenvalue weighted by Crippen LogP contribution is 2.36. The predicted octanol–water partition coefficient (Wildman–Crippen LogP) is 7.14. The minimum atomic E-state index is -0.263. The Labute approximate surface area is 176 Å². The summed E-state index contributed by atoms with van der Waals surface area (Å²) in [5, 5.41) is 4.13. The lowest BCUT2D eigenvalue weighted by Gasteiger charge is -2.32. The molecule has 0 heterocycles. The fraction of sp³-hybridized carbons (Fsp3) is 0.261. The molecule has 0 radical (unpaired) electrons. The maximum atomic E-state index is 13.4. The molecular formula is C23H24Cl2N2O. The van der Waals surface area contributed by atoms with Gasteiger partial charge < -0.3 is 5.32 Å². The van der Waals surface area contributed by atoms with Gasteiger partial charge in [-0.05, 0) is 56.9 Å². The van der Waals surface area contributed by atoms with Crippen molar-refractivity contribution in [2.75, 3.05) is 4.90 Å². The number of halogens is 2. The fourth-order valence-corrected chi connectivity index (χ4v) is 3.88. The number of rotatable bonds is 4. The topological polar surface area (TPSA) is 32.3 Å². The molecule has 1 aliphatic carbocycles. The Hall–Kier alpha value is -2.23. The third-order valence-electron chi connectivity index (χ3n) is 5.18. The zero-order valence-electron chi connectivity index (χ0n) is 16.1. The van der Waals surface area contributed by atoms with E-state index < -0.39 is 0 Å². The minimum Gasteiger partial charge on any atom is -0.331 e. The summed E-state index contributed by atoms with van der Waals surface area (Å²) >= 11 is 12.8. The lowest BCUT2D eigenvalue weighted by Crippen LogP contribution is -2.45. The van der Waals surface area contributed by atoms with Gasteiger partial charge in [0.2, 0.25) is 0 Å². The smallest absolute Gasteiger partial charge is 0.327 e. The number of allylic oxidation sites excluding steroid dienone is 2. The van der Waals surface area contributed by atoms with Gasteiger partial charge in [0.05, 0.1) is 27.5 Å². The van der Waals surface area contributed by atoms with Gasteiger partial charge in [-0.25, -0.2) is 4.79 Å². The van der Waals surface area contributed by atoms with Crippen molar-refractivity contribution in [3.8, 4) is 0 Å². The van der Waals surface area contributed by atoms with Crippen LogP contribution in [0.25, 0.3) is 0 Å². The molecule has 2 atom stereocenters. The fourth-order valence-electron chi connectivity index (χ4n) is 3.44. The Morgan fingerprint density at radius 2 is 1.61 bits per heavy atom. The van der Waals surface area contributed by atoms with Gasteiger partial charge in [-0.2, -0.15) is 0 Å². The number of amides is 2. The normalized spacial score (nSPS) is 18.9. The first-order valence-corrected chi connectivity index (χ1v) is 10.1. The van der Waals surface area contributed by atoms with Crippen molar-refractivity contribution >= 4 is 40.6 Å². The van der Waals surface area contributed by atoms with Gasteiger partial charge in [0.25, 0.3) is 0 Å². The van der Waals surface area contributed by atoms with Crippen LogP contribution in [0.2, 0.25) is 10.0 Å². The van der Waals surface area contributed by atoms with Crippen molar-refractivity contribution in [2.45, 2.75) is 32.7 Å². The molecule has 0 unspecified atom stereocenters. The van der Waals surface area contributed by atoms with Crippen LogP contribution in [0.5, 0.6) is 0 Å². The molecule has 5 heteroatoms. The quantitative estimate of drug-likeness (QED) is 0.529. The van der Waals surface area contributed by atoms with Crippen LogP contribution in [0.1, 0.15) is 26.7 Å². The SMILES string of the molecule is C=C(C)[C@H]1CC=C(C)[C@@H](NC(=O)N(c2ccccc2Cl)c2ccccc2Cl)C1.